The van der Waals surface area contributed by atoms with Gasteiger partial charge in [-0.15, -0.1) is 0 Å². The molecule has 1 aromatic heterocycles. The van der Waals surface area contributed by atoms with Crippen molar-refractivity contribution in [2.45, 2.75) is 18.9 Å². The predicted molar refractivity (Wildman–Crippen MR) is 69.5 cm³/mol. The highest BCUT2D eigenvalue weighted by molar-refractivity contribution is 6.29. The van der Waals surface area contributed by atoms with Crippen molar-refractivity contribution < 1.29 is 14.3 Å². The Labute approximate surface area is 116 Å². The van der Waals surface area contributed by atoms with Crippen LogP contribution in [0.3, 0.4) is 0 Å². The fourth-order valence-electron chi connectivity index (χ4n) is 2.02. The molecule has 1 atom stereocenters. The molecule has 1 fully saturated rings. The average molecular weight is 286 g/mol. The lowest BCUT2D eigenvalue weighted by atomic mass is 10.2. The molecule has 0 bridgehead atoms. The van der Waals surface area contributed by atoms with E-state index in [4.69, 9.17) is 16.3 Å². The minimum atomic E-state index is -0.634. The molecule has 0 N–H and O–H groups in total. The highest BCUT2D eigenvalue weighted by Crippen LogP contribution is 2.18. The van der Waals surface area contributed by atoms with Crippen molar-refractivity contribution in [3.8, 4) is 5.88 Å². The van der Waals surface area contributed by atoms with Gasteiger partial charge in [-0.2, -0.15) is 4.98 Å². The second kappa shape index (κ2) is 6.16. The van der Waals surface area contributed by atoms with E-state index in [1.54, 1.807) is 0 Å². The highest BCUT2D eigenvalue weighted by atomic mass is 35.5. The summed E-state index contributed by atoms with van der Waals surface area (Å²) in [4.78, 5) is 21.4. The van der Waals surface area contributed by atoms with Crippen LogP contribution in [0.15, 0.2) is 6.07 Å². The zero-order chi connectivity index (χ0) is 13.8. The summed E-state index contributed by atoms with van der Waals surface area (Å²) >= 11 is 5.83. The van der Waals surface area contributed by atoms with Crippen LogP contribution in [0.1, 0.15) is 23.5 Å². The first-order valence-electron chi connectivity index (χ1n) is 6.06. The van der Waals surface area contributed by atoms with E-state index < -0.39 is 5.97 Å². The Hall–Kier alpha value is -1.40. The third-order valence-electron chi connectivity index (χ3n) is 3.13. The molecule has 0 aliphatic carbocycles. The fourth-order valence-corrected chi connectivity index (χ4v) is 2.20. The number of carbonyl (C=O) groups excluding carboxylic acids is 1. The van der Waals surface area contributed by atoms with Gasteiger partial charge in [-0.3, -0.25) is 0 Å². The number of hydrogen-bond donors (Lipinski definition) is 0. The number of rotatable bonds is 4. The molecule has 0 amide bonds. The molecule has 1 aromatic rings. The number of carbonyl (C=O) groups is 1. The fraction of sp³-hybridized carbons (Fsp3) is 0.583. The maximum absolute atomic E-state index is 11.4. The Morgan fingerprint density at radius 1 is 1.58 bits per heavy atom. The Balaban J connectivity index is 2.03. The predicted octanol–water partition coefficient (Wildman–Crippen LogP) is 1.39. The van der Waals surface area contributed by atoms with Crippen LogP contribution in [0.5, 0.6) is 5.88 Å². The van der Waals surface area contributed by atoms with Gasteiger partial charge in [0.05, 0.1) is 7.11 Å². The van der Waals surface area contributed by atoms with Gasteiger partial charge in [0.25, 0.3) is 0 Å². The van der Waals surface area contributed by atoms with Crippen LogP contribution in [0.25, 0.3) is 0 Å². The summed E-state index contributed by atoms with van der Waals surface area (Å²) in [6.45, 7) is 1.59. The van der Waals surface area contributed by atoms with Crippen molar-refractivity contribution >= 4 is 17.6 Å². The molecule has 0 aromatic carbocycles. The van der Waals surface area contributed by atoms with Crippen molar-refractivity contribution in [3.63, 3.8) is 0 Å². The van der Waals surface area contributed by atoms with E-state index in [1.807, 2.05) is 0 Å². The topological polar surface area (TPSA) is 64.6 Å². The van der Waals surface area contributed by atoms with E-state index in [0.717, 1.165) is 13.0 Å². The largest absolute Gasteiger partial charge is 0.476 e. The molecule has 7 heteroatoms. The van der Waals surface area contributed by atoms with Gasteiger partial charge in [0.1, 0.15) is 11.8 Å². The smallest absolute Gasteiger partial charge is 0.376 e. The zero-order valence-corrected chi connectivity index (χ0v) is 11.7. The van der Waals surface area contributed by atoms with Crippen LogP contribution in [-0.2, 0) is 4.74 Å². The molecule has 0 saturated carbocycles. The Bertz CT molecular complexity index is 470. The summed E-state index contributed by atoms with van der Waals surface area (Å²) < 4.78 is 10.1. The summed E-state index contributed by atoms with van der Waals surface area (Å²) in [5.41, 5.74) is 0. The monoisotopic (exact) mass is 285 g/mol. The van der Waals surface area contributed by atoms with Gasteiger partial charge in [0.15, 0.2) is 0 Å². The molecule has 2 heterocycles. The van der Waals surface area contributed by atoms with Crippen molar-refractivity contribution in [1.82, 2.24) is 14.9 Å². The van der Waals surface area contributed by atoms with Crippen molar-refractivity contribution in [2.75, 3.05) is 27.3 Å². The molecule has 104 valence electrons. The highest BCUT2D eigenvalue weighted by Gasteiger charge is 2.22. The maximum atomic E-state index is 11.4. The first-order valence-corrected chi connectivity index (χ1v) is 6.44. The Kier molecular flexibility index (Phi) is 4.55. The molecule has 1 aliphatic heterocycles. The van der Waals surface area contributed by atoms with Crippen molar-refractivity contribution in [3.05, 3.63) is 17.0 Å². The van der Waals surface area contributed by atoms with Gasteiger partial charge >= 0.3 is 5.97 Å². The standard InChI is InChI=1S/C12H16ClN3O3/c1-16-5-3-4-8(16)7-19-10-6-9(13)14-11(15-10)12(17)18-2/h6,8H,3-5,7H2,1-2H3. The van der Waals surface area contributed by atoms with Gasteiger partial charge in [0, 0.05) is 12.1 Å². The first-order chi connectivity index (χ1) is 9.10. The molecule has 1 saturated heterocycles. The van der Waals surface area contributed by atoms with Crippen LogP contribution in [0, 0.1) is 0 Å². The Morgan fingerprint density at radius 3 is 3.00 bits per heavy atom. The molecular weight excluding hydrogens is 270 g/mol. The van der Waals surface area contributed by atoms with E-state index in [0.29, 0.717) is 18.5 Å². The van der Waals surface area contributed by atoms with Gasteiger partial charge in [-0.25, -0.2) is 9.78 Å². The molecule has 0 radical (unpaired) electrons. The number of likely N-dealkylation sites (N-methyl/N-ethyl adjacent to an activating group) is 1. The number of aromatic nitrogens is 2. The molecule has 1 unspecified atom stereocenters. The lowest BCUT2D eigenvalue weighted by molar-refractivity contribution is 0.0584. The number of hydrogen-bond acceptors (Lipinski definition) is 6. The molecular formula is C12H16ClN3O3. The van der Waals surface area contributed by atoms with E-state index in [9.17, 15) is 4.79 Å². The second-order valence-corrected chi connectivity index (χ2v) is 4.82. The lowest BCUT2D eigenvalue weighted by Gasteiger charge is -2.19. The zero-order valence-electron chi connectivity index (χ0n) is 10.9. The average Bonchev–Trinajstić information content (AvgIpc) is 2.80. The third-order valence-corrected chi connectivity index (χ3v) is 3.33. The van der Waals surface area contributed by atoms with Gasteiger partial charge in [-0.05, 0) is 26.4 Å². The molecule has 1 aliphatic rings. The van der Waals surface area contributed by atoms with E-state index in [-0.39, 0.29) is 11.0 Å². The van der Waals surface area contributed by atoms with Crippen LogP contribution in [-0.4, -0.2) is 54.2 Å². The number of esters is 1. The molecule has 19 heavy (non-hydrogen) atoms. The third kappa shape index (κ3) is 3.54. The SMILES string of the molecule is COC(=O)c1nc(Cl)cc(OCC2CCCN2C)n1. The Morgan fingerprint density at radius 2 is 2.37 bits per heavy atom. The van der Waals surface area contributed by atoms with Gasteiger partial charge < -0.3 is 14.4 Å². The summed E-state index contributed by atoms with van der Waals surface area (Å²) in [5.74, 6) is -0.434. The maximum Gasteiger partial charge on any atom is 0.376 e. The van der Waals surface area contributed by atoms with Gasteiger partial charge in [-0.1, -0.05) is 11.6 Å². The number of nitrogens with zero attached hydrogens (tertiary/aromatic N) is 3. The molecule has 2 rings (SSSR count). The van der Waals surface area contributed by atoms with Crippen LogP contribution in [0.4, 0.5) is 0 Å². The summed E-state index contributed by atoms with van der Waals surface area (Å²) in [5, 5.41) is 0.158. The minimum absolute atomic E-state index is 0.0928. The van der Waals surface area contributed by atoms with Crippen LogP contribution < -0.4 is 4.74 Å². The lowest BCUT2D eigenvalue weighted by Crippen LogP contribution is -2.30. The normalized spacial score (nSPS) is 19.4. The van der Waals surface area contributed by atoms with Crippen molar-refractivity contribution in [2.24, 2.45) is 0 Å². The van der Waals surface area contributed by atoms with Crippen LogP contribution in [0.2, 0.25) is 5.15 Å². The summed E-state index contributed by atoms with van der Waals surface area (Å²) in [6, 6.07) is 1.86. The quantitative estimate of drug-likeness (QED) is 0.615. The number of halogens is 1. The molecule has 6 nitrogen and oxygen atoms in total. The van der Waals surface area contributed by atoms with E-state index in [2.05, 4.69) is 26.7 Å². The summed E-state index contributed by atoms with van der Waals surface area (Å²) in [7, 11) is 3.33. The number of likely N-dealkylation sites (tertiary alicyclic amines) is 1. The van der Waals surface area contributed by atoms with Crippen molar-refractivity contribution in [1.29, 1.82) is 0 Å². The number of methoxy groups -OCH3 is 1. The first kappa shape index (κ1) is 14.0. The van der Waals surface area contributed by atoms with Gasteiger partial charge in [0.2, 0.25) is 11.7 Å². The summed E-state index contributed by atoms with van der Waals surface area (Å²) in [6.07, 6.45) is 2.27. The minimum Gasteiger partial charge on any atom is -0.476 e. The van der Waals surface area contributed by atoms with Crippen LogP contribution >= 0.6 is 11.6 Å². The number of ether oxygens (including phenoxy) is 2. The molecule has 0 spiro atoms. The van der Waals surface area contributed by atoms with E-state index in [1.165, 1.54) is 19.6 Å². The van der Waals surface area contributed by atoms with E-state index >= 15 is 0 Å². The second-order valence-electron chi connectivity index (χ2n) is 4.43.